The minimum atomic E-state index is -0.370. The Morgan fingerprint density at radius 1 is 0.640 bits per heavy atom. The molecule has 0 aliphatic carbocycles. The molecule has 1 heterocycles. The predicted octanol–water partition coefficient (Wildman–Crippen LogP) is 3.72. The number of fused-ring (bicyclic) bond motifs is 1. The summed E-state index contributed by atoms with van der Waals surface area (Å²) in [5.41, 5.74) is 2.15. The number of nitrogens with zero attached hydrogens (tertiary/aromatic N) is 1. The molecule has 0 fully saturated rings. The molecule has 0 N–H and O–H groups in total. The van der Waals surface area contributed by atoms with Crippen LogP contribution < -0.4 is 4.90 Å². The van der Waals surface area contributed by atoms with E-state index in [0.717, 1.165) is 4.90 Å². The van der Waals surface area contributed by atoms with Crippen LogP contribution in [-0.2, 0) is 0 Å². The van der Waals surface area contributed by atoms with Gasteiger partial charge in [-0.2, -0.15) is 0 Å². The van der Waals surface area contributed by atoms with Gasteiger partial charge in [0.1, 0.15) is 0 Å². The third-order valence-corrected chi connectivity index (χ3v) is 4.20. The molecule has 120 valence electrons. The smallest absolute Gasteiger partial charge is 0.266 e. The van der Waals surface area contributed by atoms with Crippen molar-refractivity contribution in [1.29, 1.82) is 0 Å². The lowest BCUT2D eigenvalue weighted by Crippen LogP contribution is -2.29. The van der Waals surface area contributed by atoms with Crippen molar-refractivity contribution in [2.24, 2.45) is 0 Å². The fourth-order valence-electron chi connectivity index (χ4n) is 2.97. The molecule has 4 nitrogen and oxygen atoms in total. The Labute approximate surface area is 144 Å². The van der Waals surface area contributed by atoms with E-state index in [1.54, 1.807) is 72.8 Å². The number of anilines is 1. The van der Waals surface area contributed by atoms with E-state index in [0.29, 0.717) is 27.9 Å². The first-order valence-corrected chi connectivity index (χ1v) is 7.84. The second-order valence-electron chi connectivity index (χ2n) is 5.74. The van der Waals surface area contributed by atoms with E-state index in [9.17, 15) is 14.4 Å². The maximum Gasteiger partial charge on any atom is 0.266 e. The van der Waals surface area contributed by atoms with Crippen molar-refractivity contribution < 1.29 is 14.4 Å². The molecule has 0 unspecified atom stereocenters. The summed E-state index contributed by atoms with van der Waals surface area (Å²) in [6, 6.07) is 22.2. The highest BCUT2D eigenvalue weighted by Gasteiger charge is 2.36. The maximum atomic E-state index is 12.6. The second kappa shape index (κ2) is 5.83. The summed E-state index contributed by atoms with van der Waals surface area (Å²) in [4.78, 5) is 38.9. The number of amides is 2. The molecule has 25 heavy (non-hydrogen) atoms. The first-order chi connectivity index (χ1) is 12.2. The Bertz CT molecular complexity index is 973. The van der Waals surface area contributed by atoms with Crippen LogP contribution in [0.1, 0.15) is 36.6 Å². The van der Waals surface area contributed by atoms with Crippen molar-refractivity contribution >= 4 is 23.3 Å². The van der Waals surface area contributed by atoms with Crippen LogP contribution in [0.15, 0.2) is 78.9 Å². The van der Waals surface area contributed by atoms with Crippen LogP contribution in [0.2, 0.25) is 0 Å². The molecular weight excluding hydrogens is 314 g/mol. The first kappa shape index (κ1) is 15.0. The third kappa shape index (κ3) is 2.44. The van der Waals surface area contributed by atoms with Crippen molar-refractivity contribution in [1.82, 2.24) is 0 Å². The molecule has 2 amide bonds. The van der Waals surface area contributed by atoms with Gasteiger partial charge in [-0.1, -0.05) is 54.6 Å². The highest BCUT2D eigenvalue weighted by atomic mass is 16.2. The number of imide groups is 1. The number of ketones is 1. The zero-order valence-corrected chi connectivity index (χ0v) is 13.2. The van der Waals surface area contributed by atoms with E-state index >= 15 is 0 Å². The molecule has 1 aliphatic rings. The number of hydrogen-bond donors (Lipinski definition) is 0. The number of rotatable bonds is 3. The molecule has 1 aliphatic heterocycles. The van der Waals surface area contributed by atoms with Gasteiger partial charge in [-0.15, -0.1) is 0 Å². The van der Waals surface area contributed by atoms with Crippen LogP contribution >= 0.6 is 0 Å². The van der Waals surface area contributed by atoms with Crippen LogP contribution in [-0.4, -0.2) is 17.6 Å². The van der Waals surface area contributed by atoms with Gasteiger partial charge in [-0.3, -0.25) is 14.4 Å². The predicted molar refractivity (Wildman–Crippen MR) is 93.9 cm³/mol. The Morgan fingerprint density at radius 2 is 1.20 bits per heavy atom. The van der Waals surface area contributed by atoms with E-state index in [-0.39, 0.29) is 17.6 Å². The fraction of sp³-hybridized carbons (Fsp3) is 0. The minimum absolute atomic E-state index is 0.154. The Morgan fingerprint density at radius 3 is 1.84 bits per heavy atom. The SMILES string of the molecule is O=C(c1ccccc1)c1cccc(N2C(=O)c3ccccc3C2=O)c1. The highest BCUT2D eigenvalue weighted by molar-refractivity contribution is 6.34. The first-order valence-electron chi connectivity index (χ1n) is 7.84. The van der Waals surface area contributed by atoms with Crippen molar-refractivity contribution in [3.63, 3.8) is 0 Å². The van der Waals surface area contributed by atoms with Crippen molar-refractivity contribution in [3.8, 4) is 0 Å². The molecule has 4 heteroatoms. The summed E-state index contributed by atoms with van der Waals surface area (Å²) in [6.07, 6.45) is 0. The normalized spacial score (nSPS) is 13.0. The molecule has 0 spiro atoms. The molecule has 0 radical (unpaired) electrons. The molecule has 0 saturated carbocycles. The zero-order chi connectivity index (χ0) is 17.4. The van der Waals surface area contributed by atoms with Crippen molar-refractivity contribution in [2.45, 2.75) is 0 Å². The molecule has 0 bridgehead atoms. The molecule has 4 rings (SSSR count). The second-order valence-corrected chi connectivity index (χ2v) is 5.74. The van der Waals surface area contributed by atoms with E-state index in [4.69, 9.17) is 0 Å². The van der Waals surface area contributed by atoms with E-state index < -0.39 is 0 Å². The topological polar surface area (TPSA) is 54.5 Å². The lowest BCUT2D eigenvalue weighted by Gasteiger charge is -2.14. The van der Waals surface area contributed by atoms with Crippen LogP contribution in [0.3, 0.4) is 0 Å². The van der Waals surface area contributed by atoms with Gasteiger partial charge < -0.3 is 0 Å². The molecule has 3 aromatic carbocycles. The van der Waals surface area contributed by atoms with Gasteiger partial charge in [0.2, 0.25) is 0 Å². The van der Waals surface area contributed by atoms with E-state index in [1.807, 2.05) is 6.07 Å². The highest BCUT2D eigenvalue weighted by Crippen LogP contribution is 2.29. The summed E-state index contributed by atoms with van der Waals surface area (Å²) >= 11 is 0. The number of benzene rings is 3. The van der Waals surface area contributed by atoms with Crippen LogP contribution in [0.25, 0.3) is 0 Å². The Balaban J connectivity index is 1.73. The summed E-state index contributed by atoms with van der Waals surface area (Å²) in [6.45, 7) is 0. The average Bonchev–Trinajstić information content (AvgIpc) is 2.93. The summed E-state index contributed by atoms with van der Waals surface area (Å²) < 4.78 is 0. The lowest BCUT2D eigenvalue weighted by molar-refractivity contribution is 0.0924. The van der Waals surface area contributed by atoms with Gasteiger partial charge in [0.15, 0.2) is 5.78 Å². The van der Waals surface area contributed by atoms with Gasteiger partial charge >= 0.3 is 0 Å². The summed E-state index contributed by atoms with van der Waals surface area (Å²) in [5, 5.41) is 0. The summed E-state index contributed by atoms with van der Waals surface area (Å²) in [5.74, 6) is -0.895. The van der Waals surface area contributed by atoms with Gasteiger partial charge in [-0.05, 0) is 24.3 Å². The fourth-order valence-corrected chi connectivity index (χ4v) is 2.97. The molecule has 3 aromatic rings. The Hall–Kier alpha value is -3.53. The number of carbonyl (C=O) groups is 3. The lowest BCUT2D eigenvalue weighted by atomic mass is 10.0. The van der Waals surface area contributed by atoms with Gasteiger partial charge in [0, 0.05) is 11.1 Å². The van der Waals surface area contributed by atoms with Crippen LogP contribution in [0.4, 0.5) is 5.69 Å². The van der Waals surface area contributed by atoms with E-state index in [2.05, 4.69) is 0 Å². The molecule has 0 aromatic heterocycles. The molecule has 0 saturated heterocycles. The largest absolute Gasteiger partial charge is 0.289 e. The van der Waals surface area contributed by atoms with Gasteiger partial charge in [-0.25, -0.2) is 4.90 Å². The summed E-state index contributed by atoms with van der Waals surface area (Å²) in [7, 11) is 0. The van der Waals surface area contributed by atoms with Crippen molar-refractivity contribution in [3.05, 3.63) is 101 Å². The molecular formula is C21H13NO3. The van der Waals surface area contributed by atoms with Crippen LogP contribution in [0, 0.1) is 0 Å². The standard InChI is InChI=1S/C21H13NO3/c23-19(14-7-2-1-3-8-14)15-9-6-10-16(13-15)22-20(24)17-11-4-5-12-18(17)21(22)25/h1-13H. The Kier molecular flexibility index (Phi) is 3.51. The monoisotopic (exact) mass is 327 g/mol. The number of carbonyl (C=O) groups excluding carboxylic acids is 3. The maximum absolute atomic E-state index is 12.6. The minimum Gasteiger partial charge on any atom is -0.289 e. The van der Waals surface area contributed by atoms with Crippen LogP contribution in [0.5, 0.6) is 0 Å². The van der Waals surface area contributed by atoms with Crippen molar-refractivity contribution in [2.75, 3.05) is 4.90 Å². The quantitative estimate of drug-likeness (QED) is 0.544. The van der Waals surface area contributed by atoms with Gasteiger partial charge in [0.25, 0.3) is 11.8 Å². The third-order valence-electron chi connectivity index (χ3n) is 4.20. The van der Waals surface area contributed by atoms with E-state index in [1.165, 1.54) is 0 Å². The van der Waals surface area contributed by atoms with Gasteiger partial charge in [0.05, 0.1) is 16.8 Å². The zero-order valence-electron chi connectivity index (χ0n) is 13.2. The molecule has 0 atom stereocenters. The number of hydrogen-bond acceptors (Lipinski definition) is 3. The average molecular weight is 327 g/mol.